The summed E-state index contributed by atoms with van der Waals surface area (Å²) < 4.78 is 6.54. The topological polar surface area (TPSA) is 81.4 Å². The van der Waals surface area contributed by atoms with Gasteiger partial charge in [-0.15, -0.1) is 0 Å². The first-order chi connectivity index (χ1) is 11.5. The number of nitrogens with zero attached hydrogens (tertiary/aromatic N) is 4. The van der Waals surface area contributed by atoms with E-state index in [1.165, 1.54) is 6.33 Å². The van der Waals surface area contributed by atoms with Gasteiger partial charge in [0.25, 0.3) is 0 Å². The van der Waals surface area contributed by atoms with Gasteiger partial charge in [-0.2, -0.15) is 4.98 Å². The van der Waals surface area contributed by atoms with Crippen LogP contribution in [0.4, 0.5) is 11.5 Å². The molecule has 0 amide bonds. The number of piperidine rings is 1. The number of rotatable bonds is 4. The van der Waals surface area contributed by atoms with E-state index >= 15 is 0 Å². The molecule has 126 valence electrons. The third-order valence-corrected chi connectivity index (χ3v) is 4.59. The Labute approximate surface area is 148 Å². The summed E-state index contributed by atoms with van der Waals surface area (Å²) in [5, 5.41) is 11.6. The average molecular weight is 393 g/mol. The van der Waals surface area contributed by atoms with E-state index in [0.29, 0.717) is 17.5 Å². The van der Waals surface area contributed by atoms with Gasteiger partial charge in [-0.25, -0.2) is 4.98 Å². The minimum Gasteiger partial charge on any atom is -0.434 e. The summed E-state index contributed by atoms with van der Waals surface area (Å²) in [5.41, 5.74) is -0.185. The van der Waals surface area contributed by atoms with Crippen LogP contribution in [0.1, 0.15) is 19.8 Å². The van der Waals surface area contributed by atoms with Crippen LogP contribution in [-0.4, -0.2) is 28.0 Å². The molecule has 24 heavy (non-hydrogen) atoms. The molecule has 8 heteroatoms. The van der Waals surface area contributed by atoms with Crippen molar-refractivity contribution in [3.8, 4) is 11.6 Å². The molecule has 0 atom stereocenters. The normalized spacial score (nSPS) is 15.3. The number of nitro groups is 1. The van der Waals surface area contributed by atoms with E-state index in [4.69, 9.17) is 4.74 Å². The highest BCUT2D eigenvalue weighted by Crippen LogP contribution is 2.37. The highest BCUT2D eigenvalue weighted by Gasteiger charge is 2.30. The van der Waals surface area contributed by atoms with Gasteiger partial charge in [0.1, 0.15) is 12.1 Å². The predicted octanol–water partition coefficient (Wildman–Crippen LogP) is 4.18. The van der Waals surface area contributed by atoms with Crippen LogP contribution in [0.3, 0.4) is 0 Å². The lowest BCUT2D eigenvalue weighted by molar-refractivity contribution is -0.385. The fourth-order valence-corrected chi connectivity index (χ4v) is 2.92. The Hall–Kier alpha value is -2.22. The number of anilines is 1. The standard InChI is InChI=1S/C16H17BrN4O3/c1-11-6-8-20(9-7-11)15-14(21(22)23)16(19-10-18-15)24-13-4-2-12(17)3-5-13/h2-5,10-11H,6-9H2,1H3. The van der Waals surface area contributed by atoms with E-state index in [9.17, 15) is 10.1 Å². The molecule has 0 N–H and O–H groups in total. The second kappa shape index (κ2) is 7.12. The highest BCUT2D eigenvalue weighted by molar-refractivity contribution is 9.10. The number of aromatic nitrogens is 2. The molecular formula is C16H17BrN4O3. The molecule has 0 spiro atoms. The van der Waals surface area contributed by atoms with Crippen molar-refractivity contribution in [1.29, 1.82) is 0 Å². The molecule has 3 rings (SSSR count). The minimum absolute atomic E-state index is 0.0362. The quantitative estimate of drug-likeness (QED) is 0.573. The summed E-state index contributed by atoms with van der Waals surface area (Å²) in [6, 6.07) is 7.04. The molecule has 1 aliphatic heterocycles. The summed E-state index contributed by atoms with van der Waals surface area (Å²) in [4.78, 5) is 21.2. The first kappa shape index (κ1) is 16.6. The molecule has 2 aromatic rings. The van der Waals surface area contributed by atoms with Crippen LogP contribution in [-0.2, 0) is 0 Å². The third-order valence-electron chi connectivity index (χ3n) is 4.06. The lowest BCUT2D eigenvalue weighted by Gasteiger charge is -2.30. The maximum absolute atomic E-state index is 11.6. The van der Waals surface area contributed by atoms with E-state index in [-0.39, 0.29) is 11.6 Å². The van der Waals surface area contributed by atoms with Gasteiger partial charge in [0.2, 0.25) is 5.82 Å². The van der Waals surface area contributed by atoms with Gasteiger partial charge < -0.3 is 9.64 Å². The molecule has 1 fully saturated rings. The lowest BCUT2D eigenvalue weighted by Crippen LogP contribution is -2.34. The fourth-order valence-electron chi connectivity index (χ4n) is 2.65. The van der Waals surface area contributed by atoms with Crippen LogP contribution in [0, 0.1) is 16.0 Å². The summed E-state index contributed by atoms with van der Waals surface area (Å²) in [7, 11) is 0. The van der Waals surface area contributed by atoms with Gasteiger partial charge >= 0.3 is 11.6 Å². The molecule has 0 saturated carbocycles. The Morgan fingerprint density at radius 2 is 1.92 bits per heavy atom. The van der Waals surface area contributed by atoms with Crippen molar-refractivity contribution in [2.75, 3.05) is 18.0 Å². The summed E-state index contributed by atoms with van der Waals surface area (Å²) in [6.07, 6.45) is 3.29. The van der Waals surface area contributed by atoms with E-state index in [0.717, 1.165) is 30.4 Å². The molecule has 1 aromatic carbocycles. The number of hydrogen-bond acceptors (Lipinski definition) is 6. The maximum atomic E-state index is 11.6. The van der Waals surface area contributed by atoms with E-state index < -0.39 is 4.92 Å². The van der Waals surface area contributed by atoms with Gasteiger partial charge in [-0.05, 0) is 43.0 Å². The maximum Gasteiger partial charge on any atom is 0.373 e. The first-order valence-corrected chi connectivity index (χ1v) is 8.51. The zero-order valence-electron chi connectivity index (χ0n) is 13.2. The van der Waals surface area contributed by atoms with Gasteiger partial charge in [-0.3, -0.25) is 10.1 Å². The summed E-state index contributed by atoms with van der Waals surface area (Å²) in [5.74, 6) is 1.40. The Bertz CT molecular complexity index is 731. The number of halogens is 1. The molecule has 1 aromatic heterocycles. The Kier molecular flexibility index (Phi) is 4.94. The van der Waals surface area contributed by atoms with E-state index in [1.807, 2.05) is 4.90 Å². The van der Waals surface area contributed by atoms with Crippen molar-refractivity contribution in [2.24, 2.45) is 5.92 Å². The second-order valence-corrected chi connectivity index (χ2v) is 6.75. The van der Waals surface area contributed by atoms with Crippen molar-refractivity contribution in [3.05, 3.63) is 45.2 Å². The van der Waals surface area contributed by atoms with Crippen molar-refractivity contribution in [3.63, 3.8) is 0 Å². The third kappa shape index (κ3) is 3.64. The van der Waals surface area contributed by atoms with Gasteiger partial charge in [0, 0.05) is 17.6 Å². The van der Waals surface area contributed by atoms with E-state index in [1.54, 1.807) is 24.3 Å². The summed E-state index contributed by atoms with van der Waals surface area (Å²) in [6.45, 7) is 3.68. The molecule has 0 bridgehead atoms. The molecular weight excluding hydrogens is 376 g/mol. The molecule has 0 radical (unpaired) electrons. The zero-order valence-corrected chi connectivity index (χ0v) is 14.8. The van der Waals surface area contributed by atoms with Gasteiger partial charge in [-0.1, -0.05) is 22.9 Å². The van der Waals surface area contributed by atoms with Crippen molar-refractivity contribution >= 4 is 27.4 Å². The Morgan fingerprint density at radius 3 is 2.54 bits per heavy atom. The lowest BCUT2D eigenvalue weighted by atomic mass is 9.99. The highest BCUT2D eigenvalue weighted by atomic mass is 79.9. The van der Waals surface area contributed by atoms with Gasteiger partial charge in [0.05, 0.1) is 4.92 Å². The number of ether oxygens (including phenoxy) is 1. The second-order valence-electron chi connectivity index (χ2n) is 5.83. The largest absolute Gasteiger partial charge is 0.434 e. The molecule has 0 unspecified atom stereocenters. The van der Waals surface area contributed by atoms with Crippen LogP contribution in [0.2, 0.25) is 0 Å². The molecule has 7 nitrogen and oxygen atoms in total. The van der Waals surface area contributed by atoms with Crippen molar-refractivity contribution in [1.82, 2.24) is 9.97 Å². The van der Waals surface area contributed by atoms with E-state index in [2.05, 4.69) is 32.8 Å². The molecule has 1 saturated heterocycles. The smallest absolute Gasteiger partial charge is 0.373 e. The number of hydrogen-bond donors (Lipinski definition) is 0. The Balaban J connectivity index is 1.93. The Morgan fingerprint density at radius 1 is 1.25 bits per heavy atom. The van der Waals surface area contributed by atoms with Crippen molar-refractivity contribution < 1.29 is 9.66 Å². The zero-order chi connectivity index (χ0) is 17.1. The average Bonchev–Trinajstić information content (AvgIpc) is 2.57. The minimum atomic E-state index is -0.471. The monoisotopic (exact) mass is 392 g/mol. The number of benzene rings is 1. The molecule has 2 heterocycles. The van der Waals surface area contributed by atoms with Crippen LogP contribution in [0.25, 0.3) is 0 Å². The fraction of sp³-hybridized carbons (Fsp3) is 0.375. The molecule has 1 aliphatic rings. The van der Waals surface area contributed by atoms with Crippen LogP contribution < -0.4 is 9.64 Å². The van der Waals surface area contributed by atoms with Crippen LogP contribution in [0.15, 0.2) is 35.1 Å². The SMILES string of the molecule is CC1CCN(c2ncnc(Oc3ccc(Br)cc3)c2[N+](=O)[O-])CC1. The van der Waals surface area contributed by atoms with Crippen molar-refractivity contribution in [2.45, 2.75) is 19.8 Å². The van der Waals surface area contributed by atoms with Crippen LogP contribution >= 0.6 is 15.9 Å². The predicted molar refractivity (Wildman–Crippen MR) is 93.5 cm³/mol. The van der Waals surface area contributed by atoms with Gasteiger partial charge in [0.15, 0.2) is 0 Å². The molecule has 0 aliphatic carbocycles. The summed E-state index contributed by atoms with van der Waals surface area (Å²) >= 11 is 3.34. The first-order valence-electron chi connectivity index (χ1n) is 7.72. The van der Waals surface area contributed by atoms with Crippen LogP contribution in [0.5, 0.6) is 11.6 Å².